The molecule has 0 saturated heterocycles. The minimum absolute atomic E-state index is 0.493. The maximum Gasteiger partial charge on any atom is 0.519 e. The first-order valence-electron chi connectivity index (χ1n) is 15.9. The molecular weight excluding hydrogens is 590 g/mol. The zero-order valence-corrected chi connectivity index (χ0v) is 26.1. The molecule has 238 valence electrons. The lowest BCUT2D eigenvalue weighted by atomic mass is 10.1. The summed E-state index contributed by atoms with van der Waals surface area (Å²) in [6.45, 7) is 2.86. The molecule has 0 bridgehead atoms. The van der Waals surface area contributed by atoms with E-state index in [1.807, 2.05) is 60.7 Å². The third-order valence-corrected chi connectivity index (χ3v) is 7.75. The van der Waals surface area contributed by atoms with Crippen LogP contribution in [0.4, 0.5) is 5.69 Å². The summed E-state index contributed by atoms with van der Waals surface area (Å²) in [5.74, 6) is 1.49. The number of hydrogen-bond donors (Lipinski definition) is 1. The molecule has 0 atom stereocenters. The molecule has 1 N–H and O–H groups in total. The van der Waals surface area contributed by atoms with Gasteiger partial charge in [-0.05, 0) is 78.4 Å². The van der Waals surface area contributed by atoms with Gasteiger partial charge in [0.25, 0.3) is 0 Å². The van der Waals surface area contributed by atoms with Crippen LogP contribution in [0.15, 0.2) is 152 Å². The Kier molecular flexibility index (Phi) is 10.7. The van der Waals surface area contributed by atoms with Gasteiger partial charge in [-0.25, -0.2) is 4.79 Å². The van der Waals surface area contributed by atoms with Crippen molar-refractivity contribution in [2.45, 2.75) is 25.7 Å². The van der Waals surface area contributed by atoms with E-state index < -0.39 is 5.82 Å². The van der Waals surface area contributed by atoms with Crippen LogP contribution < -0.4 is 20.6 Å². The standard InChI is InChI=1S/C9H10O.C8H9N.C8H8O.C8H6O.C7H4O3/c1-2-6-9-8(4-1)5-3-7-10-9;3*1-2-4-8-7(3-1)5-6-9-8;8-7-9-5-3-1-2-4-6(5)10-7/h1-2,4,6H,3,5,7H2;1-4,9H,5-6H2;1-4H,5-6H2;1-6H;1-4H. The summed E-state index contributed by atoms with van der Waals surface area (Å²) in [7, 11) is 0. The fraction of sp³-hybridized carbons (Fsp3) is 0.175. The Bertz CT molecular complexity index is 1870. The predicted molar refractivity (Wildman–Crippen MR) is 185 cm³/mol. The molecule has 0 spiro atoms. The lowest BCUT2D eigenvalue weighted by molar-refractivity contribution is 0.288. The average molecular weight is 628 g/mol. The van der Waals surface area contributed by atoms with E-state index in [1.54, 1.807) is 30.5 Å². The second kappa shape index (κ2) is 16.0. The monoisotopic (exact) mass is 627 g/mol. The van der Waals surface area contributed by atoms with E-state index in [1.165, 1.54) is 35.2 Å². The van der Waals surface area contributed by atoms with Crippen molar-refractivity contribution in [3.8, 4) is 11.5 Å². The van der Waals surface area contributed by atoms with E-state index in [0.717, 1.165) is 55.1 Å². The second-order valence-corrected chi connectivity index (χ2v) is 11.0. The third kappa shape index (κ3) is 8.73. The van der Waals surface area contributed by atoms with Crippen molar-refractivity contribution in [2.24, 2.45) is 0 Å². The molecule has 7 nitrogen and oxygen atoms in total. The summed E-state index contributed by atoms with van der Waals surface area (Å²) >= 11 is 0. The van der Waals surface area contributed by atoms with Crippen LogP contribution in [0.3, 0.4) is 0 Å². The molecule has 0 saturated carbocycles. The zero-order chi connectivity index (χ0) is 32.1. The van der Waals surface area contributed by atoms with Crippen molar-refractivity contribution in [1.29, 1.82) is 0 Å². The average Bonchev–Trinajstić information content (AvgIpc) is 3.95. The third-order valence-electron chi connectivity index (χ3n) is 7.75. The van der Waals surface area contributed by atoms with Crippen molar-refractivity contribution in [1.82, 2.24) is 0 Å². The zero-order valence-electron chi connectivity index (χ0n) is 26.1. The van der Waals surface area contributed by atoms with E-state index in [0.29, 0.717) is 11.2 Å². The van der Waals surface area contributed by atoms with Gasteiger partial charge in [0.15, 0.2) is 11.2 Å². The Morgan fingerprint density at radius 3 is 1.74 bits per heavy atom. The van der Waals surface area contributed by atoms with Crippen LogP contribution >= 0.6 is 0 Å². The molecule has 2 aromatic heterocycles. The van der Waals surface area contributed by atoms with E-state index in [9.17, 15) is 4.79 Å². The van der Waals surface area contributed by atoms with E-state index in [-0.39, 0.29) is 0 Å². The summed E-state index contributed by atoms with van der Waals surface area (Å²) < 4.78 is 25.1. The van der Waals surface area contributed by atoms with Crippen molar-refractivity contribution in [2.75, 3.05) is 25.1 Å². The summed E-state index contributed by atoms with van der Waals surface area (Å²) in [5, 5.41) is 4.46. The number of nitrogens with one attached hydrogen (secondary N) is 1. The topological polar surface area (TPSA) is 87.0 Å². The molecule has 0 fully saturated rings. The largest absolute Gasteiger partial charge is 0.519 e. The first kappa shape index (κ1) is 31.3. The number of furan rings is 1. The molecule has 10 rings (SSSR count). The lowest BCUT2D eigenvalue weighted by Gasteiger charge is -2.15. The smallest absolute Gasteiger partial charge is 0.493 e. The molecule has 5 aromatic carbocycles. The Balaban J connectivity index is 0.000000103. The number of fused-ring (bicyclic) bond motifs is 5. The normalized spacial score (nSPS) is 13.1. The summed E-state index contributed by atoms with van der Waals surface area (Å²) in [5.41, 5.74) is 7.42. The Labute approximate surface area is 273 Å². The van der Waals surface area contributed by atoms with Gasteiger partial charge in [-0.3, -0.25) is 0 Å². The van der Waals surface area contributed by atoms with Crippen LogP contribution in [0.5, 0.6) is 11.5 Å². The van der Waals surface area contributed by atoms with Gasteiger partial charge in [-0.2, -0.15) is 0 Å². The number of ether oxygens (including phenoxy) is 2. The van der Waals surface area contributed by atoms with Gasteiger partial charge in [0.2, 0.25) is 0 Å². The van der Waals surface area contributed by atoms with Crippen molar-refractivity contribution in [3.05, 3.63) is 161 Å². The predicted octanol–water partition coefficient (Wildman–Crippen LogP) is 9.11. The van der Waals surface area contributed by atoms with Gasteiger partial charge in [0.05, 0.1) is 19.5 Å². The number of benzene rings is 5. The van der Waals surface area contributed by atoms with Gasteiger partial charge in [0.1, 0.15) is 17.1 Å². The fourth-order valence-corrected chi connectivity index (χ4v) is 5.39. The Hall–Kier alpha value is -5.69. The van der Waals surface area contributed by atoms with Crippen molar-refractivity contribution >= 4 is 27.8 Å². The van der Waals surface area contributed by atoms with E-state index in [2.05, 4.69) is 56.6 Å². The maximum absolute atomic E-state index is 10.5. The van der Waals surface area contributed by atoms with Crippen LogP contribution in [0, 0.1) is 0 Å². The molecular formula is C40H37NO6. The lowest BCUT2D eigenvalue weighted by Crippen LogP contribution is -2.07. The molecule has 0 aliphatic carbocycles. The van der Waals surface area contributed by atoms with Gasteiger partial charge in [-0.1, -0.05) is 84.9 Å². The molecule has 3 aliphatic rings. The molecule has 5 heterocycles. The molecule has 0 unspecified atom stereocenters. The summed E-state index contributed by atoms with van der Waals surface area (Å²) in [6.07, 6.45) is 6.31. The first-order valence-corrected chi connectivity index (χ1v) is 15.9. The highest BCUT2D eigenvalue weighted by Gasteiger charge is 2.09. The van der Waals surface area contributed by atoms with E-state index in [4.69, 9.17) is 13.9 Å². The van der Waals surface area contributed by atoms with Crippen molar-refractivity contribution < 1.29 is 22.7 Å². The van der Waals surface area contributed by atoms with E-state index >= 15 is 0 Å². The number of hydrogen-bond acceptors (Lipinski definition) is 7. The van der Waals surface area contributed by atoms with Gasteiger partial charge in [0, 0.05) is 24.0 Å². The quantitative estimate of drug-likeness (QED) is 0.179. The number of rotatable bonds is 0. The minimum atomic E-state index is -0.652. The van der Waals surface area contributed by atoms with Crippen LogP contribution in [0.25, 0.3) is 22.1 Å². The highest BCUT2D eigenvalue weighted by molar-refractivity contribution is 5.76. The molecule has 0 radical (unpaired) electrons. The Morgan fingerprint density at radius 2 is 1.09 bits per heavy atom. The maximum atomic E-state index is 10.5. The fourth-order valence-electron chi connectivity index (χ4n) is 5.39. The molecule has 7 aromatic rings. The van der Waals surface area contributed by atoms with Crippen LogP contribution in [-0.2, 0) is 19.3 Å². The summed E-state index contributed by atoms with van der Waals surface area (Å²) in [4.78, 5) is 10.5. The summed E-state index contributed by atoms with van der Waals surface area (Å²) in [6, 6.07) is 41.7. The molecule has 47 heavy (non-hydrogen) atoms. The molecule has 0 amide bonds. The van der Waals surface area contributed by atoms with Crippen LogP contribution in [0.1, 0.15) is 23.1 Å². The number of anilines is 1. The highest BCUT2D eigenvalue weighted by Crippen LogP contribution is 2.24. The molecule has 3 aliphatic heterocycles. The highest BCUT2D eigenvalue weighted by atomic mass is 16.6. The first-order chi connectivity index (χ1) is 23.2. The van der Waals surface area contributed by atoms with Gasteiger partial charge >= 0.3 is 5.82 Å². The number of para-hydroxylation sites is 6. The second-order valence-electron chi connectivity index (χ2n) is 11.0. The number of aryl methyl sites for hydroxylation is 1. The van der Waals surface area contributed by atoms with Gasteiger partial charge < -0.3 is 28.0 Å². The van der Waals surface area contributed by atoms with Crippen LogP contribution in [-0.4, -0.2) is 19.8 Å². The Morgan fingerprint density at radius 1 is 0.511 bits per heavy atom. The van der Waals surface area contributed by atoms with Crippen LogP contribution in [0.2, 0.25) is 0 Å². The molecule has 7 heteroatoms. The minimum Gasteiger partial charge on any atom is -0.493 e. The SMILES string of the molecule is O=c1oc2ccccc2o1.c1ccc2c(c1)CCCO2.c1ccc2c(c1)CCN2.c1ccc2c(c1)CCO2.c1ccc2occc2c1. The van der Waals surface area contributed by atoms with Crippen molar-refractivity contribution in [3.63, 3.8) is 0 Å². The van der Waals surface area contributed by atoms with Gasteiger partial charge in [-0.15, -0.1) is 0 Å².